The van der Waals surface area contributed by atoms with Crippen molar-refractivity contribution in [3.05, 3.63) is 0 Å². The number of rotatable bonds is 2. The Morgan fingerprint density at radius 2 is 1.89 bits per heavy atom. The van der Waals surface area contributed by atoms with Crippen LogP contribution in [0.5, 0.6) is 0 Å². The fourth-order valence-corrected chi connectivity index (χ4v) is 3.16. The highest BCUT2D eigenvalue weighted by atomic mass is 16.2. The third-order valence-corrected chi connectivity index (χ3v) is 4.90. The molecule has 0 N–H and O–H groups in total. The molecule has 1 aliphatic heterocycles. The van der Waals surface area contributed by atoms with Crippen LogP contribution >= 0.6 is 0 Å². The first kappa shape index (κ1) is 13.9. The highest BCUT2D eigenvalue weighted by molar-refractivity contribution is 5.73. The highest BCUT2D eigenvalue weighted by Crippen LogP contribution is 2.37. The van der Waals surface area contributed by atoms with Crippen molar-refractivity contribution >= 4 is 5.91 Å². The van der Waals surface area contributed by atoms with Gasteiger partial charge in [0.1, 0.15) is 0 Å². The maximum absolute atomic E-state index is 11.6. The van der Waals surface area contributed by atoms with Gasteiger partial charge in [0.05, 0.1) is 33.2 Å². The van der Waals surface area contributed by atoms with Crippen LogP contribution in [0.2, 0.25) is 0 Å². The first-order chi connectivity index (χ1) is 8.49. The Morgan fingerprint density at radius 1 is 1.17 bits per heavy atom. The summed E-state index contributed by atoms with van der Waals surface area (Å²) in [5.41, 5.74) is 0. The molecule has 0 aromatic rings. The number of quaternary nitrogens is 1. The van der Waals surface area contributed by atoms with Crippen LogP contribution in [0.3, 0.4) is 0 Å². The van der Waals surface area contributed by atoms with Gasteiger partial charge in [0.2, 0.25) is 5.91 Å². The van der Waals surface area contributed by atoms with Gasteiger partial charge in [-0.25, -0.2) is 0 Å². The van der Waals surface area contributed by atoms with Gasteiger partial charge in [-0.1, -0.05) is 0 Å². The van der Waals surface area contributed by atoms with Crippen LogP contribution in [-0.4, -0.2) is 55.1 Å². The molecule has 1 amide bonds. The maximum Gasteiger partial charge on any atom is 0.219 e. The van der Waals surface area contributed by atoms with Crippen molar-refractivity contribution in [1.82, 2.24) is 4.90 Å². The standard InChI is InChI=1S/C15H29N2O/c1-13(18)16-9-5-4-6-15(12-14-7-8-14)17(2,3)11-10-16/h14-15H,4-12H2,1-3H3/q+1. The predicted octanol–water partition coefficient (Wildman–Crippen LogP) is 2.26. The molecular formula is C15H29N2O+. The van der Waals surface area contributed by atoms with E-state index in [0.29, 0.717) is 0 Å². The first-order valence-electron chi connectivity index (χ1n) is 7.57. The van der Waals surface area contributed by atoms with Crippen molar-refractivity contribution in [2.45, 2.75) is 51.5 Å². The molecule has 0 aromatic carbocycles. The van der Waals surface area contributed by atoms with Gasteiger partial charge in [0.25, 0.3) is 0 Å². The minimum atomic E-state index is 0.246. The summed E-state index contributed by atoms with van der Waals surface area (Å²) < 4.78 is 1.10. The van der Waals surface area contributed by atoms with Crippen LogP contribution in [0, 0.1) is 5.92 Å². The third-order valence-electron chi connectivity index (χ3n) is 4.90. The Kier molecular flexibility index (Phi) is 4.31. The number of hydrogen-bond acceptors (Lipinski definition) is 1. The molecule has 18 heavy (non-hydrogen) atoms. The minimum Gasteiger partial charge on any atom is -0.337 e. The van der Waals surface area contributed by atoms with E-state index in [-0.39, 0.29) is 5.91 Å². The van der Waals surface area contributed by atoms with Crippen LogP contribution in [-0.2, 0) is 4.79 Å². The molecule has 0 aromatic heterocycles. The van der Waals surface area contributed by atoms with E-state index < -0.39 is 0 Å². The fourth-order valence-electron chi connectivity index (χ4n) is 3.16. The number of carbonyl (C=O) groups excluding carboxylic acids is 1. The molecular weight excluding hydrogens is 224 g/mol. The molecule has 1 saturated heterocycles. The van der Waals surface area contributed by atoms with Gasteiger partial charge in [0, 0.05) is 19.9 Å². The van der Waals surface area contributed by atoms with Crippen molar-refractivity contribution in [1.29, 1.82) is 0 Å². The molecule has 0 radical (unpaired) electrons. The Balaban J connectivity index is 1.98. The van der Waals surface area contributed by atoms with Crippen molar-refractivity contribution in [2.75, 3.05) is 33.7 Å². The van der Waals surface area contributed by atoms with Crippen LogP contribution < -0.4 is 0 Å². The molecule has 0 spiro atoms. The van der Waals surface area contributed by atoms with Crippen molar-refractivity contribution in [3.8, 4) is 0 Å². The molecule has 1 unspecified atom stereocenters. The lowest BCUT2D eigenvalue weighted by Gasteiger charge is -2.39. The molecule has 0 bridgehead atoms. The SMILES string of the molecule is CC(=O)N1CCCCC(CC2CC2)[N+](C)(C)CC1. The number of hydrogen-bond donors (Lipinski definition) is 0. The highest BCUT2D eigenvalue weighted by Gasteiger charge is 2.35. The summed E-state index contributed by atoms with van der Waals surface area (Å²) in [4.78, 5) is 13.6. The largest absolute Gasteiger partial charge is 0.337 e. The zero-order valence-corrected chi connectivity index (χ0v) is 12.3. The second-order valence-corrected chi connectivity index (χ2v) is 6.84. The summed E-state index contributed by atoms with van der Waals surface area (Å²) in [6, 6.07) is 0.810. The molecule has 104 valence electrons. The van der Waals surface area contributed by atoms with Crippen molar-refractivity contribution in [2.24, 2.45) is 5.92 Å². The molecule has 2 rings (SSSR count). The summed E-state index contributed by atoms with van der Waals surface area (Å²) in [6.07, 6.45) is 8.12. The number of carbonyl (C=O) groups is 1. The van der Waals surface area contributed by atoms with Crippen LogP contribution in [0.25, 0.3) is 0 Å². The fraction of sp³-hybridized carbons (Fsp3) is 0.933. The van der Waals surface area contributed by atoms with E-state index in [4.69, 9.17) is 0 Å². The Bertz CT molecular complexity index is 297. The zero-order valence-electron chi connectivity index (χ0n) is 12.3. The molecule has 1 atom stereocenters. The predicted molar refractivity (Wildman–Crippen MR) is 74.2 cm³/mol. The van der Waals surface area contributed by atoms with E-state index in [1.165, 1.54) is 38.5 Å². The third kappa shape index (κ3) is 3.71. The Hall–Kier alpha value is -0.570. The van der Waals surface area contributed by atoms with Crippen LogP contribution in [0.4, 0.5) is 0 Å². The Morgan fingerprint density at radius 3 is 2.50 bits per heavy atom. The summed E-state index contributed by atoms with van der Waals surface area (Å²) >= 11 is 0. The monoisotopic (exact) mass is 253 g/mol. The molecule has 3 heteroatoms. The van der Waals surface area contributed by atoms with E-state index in [1.807, 2.05) is 4.90 Å². The van der Waals surface area contributed by atoms with Gasteiger partial charge < -0.3 is 9.38 Å². The summed E-state index contributed by atoms with van der Waals surface area (Å²) in [7, 11) is 4.72. The summed E-state index contributed by atoms with van der Waals surface area (Å²) in [5, 5.41) is 0. The first-order valence-corrected chi connectivity index (χ1v) is 7.57. The maximum atomic E-state index is 11.6. The Labute approximate surface area is 112 Å². The van der Waals surface area contributed by atoms with Gasteiger partial charge in [-0.3, -0.25) is 4.79 Å². The number of amides is 1. The average Bonchev–Trinajstić information content (AvgIpc) is 3.07. The molecule has 1 heterocycles. The van der Waals surface area contributed by atoms with Gasteiger partial charge >= 0.3 is 0 Å². The van der Waals surface area contributed by atoms with Gasteiger partial charge in [-0.2, -0.15) is 0 Å². The van der Waals surface area contributed by atoms with Gasteiger partial charge in [-0.15, -0.1) is 0 Å². The van der Waals surface area contributed by atoms with E-state index in [1.54, 1.807) is 6.92 Å². The lowest BCUT2D eigenvalue weighted by molar-refractivity contribution is -0.915. The molecule has 2 aliphatic rings. The summed E-state index contributed by atoms with van der Waals surface area (Å²) in [6.45, 7) is 4.71. The van der Waals surface area contributed by atoms with E-state index in [2.05, 4.69) is 14.1 Å². The van der Waals surface area contributed by atoms with Gasteiger partial charge in [-0.05, 0) is 38.0 Å². The minimum absolute atomic E-state index is 0.246. The topological polar surface area (TPSA) is 20.3 Å². The smallest absolute Gasteiger partial charge is 0.219 e. The van der Waals surface area contributed by atoms with Crippen molar-refractivity contribution < 1.29 is 9.28 Å². The quantitative estimate of drug-likeness (QED) is 0.691. The second-order valence-electron chi connectivity index (χ2n) is 6.84. The lowest BCUT2D eigenvalue weighted by Crippen LogP contribution is -2.52. The molecule has 2 fully saturated rings. The van der Waals surface area contributed by atoms with E-state index in [9.17, 15) is 4.79 Å². The normalized spacial score (nSPS) is 29.3. The lowest BCUT2D eigenvalue weighted by atomic mass is 10.0. The number of nitrogens with zero attached hydrogens (tertiary/aromatic N) is 2. The molecule has 1 aliphatic carbocycles. The van der Waals surface area contributed by atoms with Crippen molar-refractivity contribution in [3.63, 3.8) is 0 Å². The van der Waals surface area contributed by atoms with Gasteiger partial charge in [0.15, 0.2) is 0 Å². The van der Waals surface area contributed by atoms with Crippen LogP contribution in [0.15, 0.2) is 0 Å². The zero-order chi connectivity index (χ0) is 13.2. The molecule has 1 saturated carbocycles. The molecule has 3 nitrogen and oxygen atoms in total. The van der Waals surface area contributed by atoms with E-state index in [0.717, 1.165) is 36.1 Å². The summed E-state index contributed by atoms with van der Waals surface area (Å²) in [5.74, 6) is 1.26. The van der Waals surface area contributed by atoms with E-state index >= 15 is 0 Å². The van der Waals surface area contributed by atoms with Crippen LogP contribution in [0.1, 0.15) is 45.4 Å². The average molecular weight is 253 g/mol. The second kappa shape index (κ2) is 5.60. The number of likely N-dealkylation sites (N-methyl/N-ethyl adjacent to an activating group) is 1.